The highest BCUT2D eigenvalue weighted by Gasteiger charge is 2.19. The summed E-state index contributed by atoms with van der Waals surface area (Å²) in [4.78, 5) is 4.38. The van der Waals surface area contributed by atoms with Gasteiger partial charge in [-0.1, -0.05) is 19.1 Å². The molecule has 0 atom stereocenters. The molecule has 1 heterocycles. The lowest BCUT2D eigenvalue weighted by Crippen LogP contribution is -2.13. The van der Waals surface area contributed by atoms with Crippen LogP contribution in [0.4, 0.5) is 5.69 Å². The van der Waals surface area contributed by atoms with Gasteiger partial charge in [0.2, 0.25) is 0 Å². The minimum atomic E-state index is -0.449. The maximum atomic E-state index is 9.15. The first kappa shape index (κ1) is 15.1. The van der Waals surface area contributed by atoms with Gasteiger partial charge in [0.15, 0.2) is 0 Å². The molecule has 0 bridgehead atoms. The molecule has 0 amide bonds. The Morgan fingerprint density at radius 2 is 2.00 bits per heavy atom. The molecule has 0 fully saturated rings. The van der Waals surface area contributed by atoms with E-state index in [9.17, 15) is 0 Å². The zero-order valence-electron chi connectivity index (χ0n) is 12.9. The van der Waals surface area contributed by atoms with E-state index in [4.69, 9.17) is 5.26 Å². The van der Waals surface area contributed by atoms with Gasteiger partial charge in [0.25, 0.3) is 0 Å². The number of benzene rings is 1. The number of rotatable bonds is 6. The molecular weight excluding hydrogens is 260 g/mol. The van der Waals surface area contributed by atoms with Crippen LogP contribution in [0.15, 0.2) is 36.7 Å². The largest absolute Gasteiger partial charge is 0.378 e. The van der Waals surface area contributed by atoms with Crippen LogP contribution in [-0.4, -0.2) is 9.55 Å². The van der Waals surface area contributed by atoms with Crippen LogP contribution in [0.5, 0.6) is 0 Å². The average molecular weight is 282 g/mol. The van der Waals surface area contributed by atoms with Gasteiger partial charge in [-0.2, -0.15) is 5.26 Å². The van der Waals surface area contributed by atoms with Gasteiger partial charge >= 0.3 is 0 Å². The number of imidazole rings is 1. The Bertz CT molecular complexity index is 617. The molecule has 0 spiro atoms. The van der Waals surface area contributed by atoms with Crippen LogP contribution >= 0.6 is 0 Å². The number of hydrogen-bond donors (Lipinski definition) is 1. The Labute approximate surface area is 126 Å². The van der Waals surface area contributed by atoms with Crippen molar-refractivity contribution in [2.45, 2.75) is 45.7 Å². The quantitative estimate of drug-likeness (QED) is 0.878. The maximum absolute atomic E-state index is 9.15. The first-order valence-corrected chi connectivity index (χ1v) is 7.32. The predicted octanol–water partition coefficient (Wildman–Crippen LogP) is 3.71. The van der Waals surface area contributed by atoms with Crippen molar-refractivity contribution in [2.75, 3.05) is 5.32 Å². The summed E-state index contributed by atoms with van der Waals surface area (Å²) in [5.74, 6) is 1.04. The van der Waals surface area contributed by atoms with E-state index in [1.54, 1.807) is 0 Å². The van der Waals surface area contributed by atoms with Crippen LogP contribution in [-0.2, 0) is 18.5 Å². The van der Waals surface area contributed by atoms with Gasteiger partial charge in [-0.05, 0) is 38.0 Å². The zero-order chi connectivity index (χ0) is 15.3. The van der Waals surface area contributed by atoms with E-state index in [0.717, 1.165) is 30.0 Å². The lowest BCUT2D eigenvalue weighted by Gasteiger charge is -2.16. The summed E-state index contributed by atoms with van der Waals surface area (Å²) >= 11 is 0. The smallest absolute Gasteiger partial charge is 0.128 e. The molecule has 0 aliphatic heterocycles. The zero-order valence-corrected chi connectivity index (χ0v) is 12.9. The minimum absolute atomic E-state index is 0.449. The molecule has 0 radical (unpaired) electrons. The molecule has 4 heteroatoms. The summed E-state index contributed by atoms with van der Waals surface area (Å²) < 4.78 is 2.17. The SMILES string of the molecule is CCCn1ccnc1CNc1ccc(C(C)(C)C#N)cc1. The third-order valence-electron chi connectivity index (χ3n) is 3.60. The Hall–Kier alpha value is -2.28. The average Bonchev–Trinajstić information content (AvgIpc) is 2.93. The van der Waals surface area contributed by atoms with Crippen LogP contribution in [0.3, 0.4) is 0 Å². The number of nitrogens with zero attached hydrogens (tertiary/aromatic N) is 3. The van der Waals surface area contributed by atoms with Gasteiger partial charge in [-0.25, -0.2) is 4.98 Å². The first-order chi connectivity index (χ1) is 10.1. The Morgan fingerprint density at radius 3 is 2.62 bits per heavy atom. The lowest BCUT2D eigenvalue weighted by atomic mass is 9.86. The minimum Gasteiger partial charge on any atom is -0.378 e. The fraction of sp³-hybridized carbons (Fsp3) is 0.412. The molecule has 21 heavy (non-hydrogen) atoms. The van der Waals surface area contributed by atoms with E-state index in [1.807, 2.05) is 50.5 Å². The second kappa shape index (κ2) is 6.45. The second-order valence-electron chi connectivity index (χ2n) is 5.70. The summed E-state index contributed by atoms with van der Waals surface area (Å²) in [7, 11) is 0. The number of nitrogens with one attached hydrogen (secondary N) is 1. The number of aryl methyl sites for hydroxylation is 1. The topological polar surface area (TPSA) is 53.6 Å². The molecule has 2 rings (SSSR count). The van der Waals surface area contributed by atoms with E-state index >= 15 is 0 Å². The monoisotopic (exact) mass is 282 g/mol. The van der Waals surface area contributed by atoms with Gasteiger partial charge in [0, 0.05) is 24.6 Å². The highest BCUT2D eigenvalue weighted by Crippen LogP contribution is 2.23. The normalized spacial score (nSPS) is 11.1. The third-order valence-corrected chi connectivity index (χ3v) is 3.60. The van der Waals surface area contributed by atoms with Crippen LogP contribution in [0.25, 0.3) is 0 Å². The molecule has 2 aromatic rings. The third kappa shape index (κ3) is 3.63. The van der Waals surface area contributed by atoms with Gasteiger partial charge < -0.3 is 9.88 Å². The summed E-state index contributed by atoms with van der Waals surface area (Å²) in [5.41, 5.74) is 1.62. The van der Waals surface area contributed by atoms with Crippen molar-refractivity contribution in [2.24, 2.45) is 0 Å². The van der Waals surface area contributed by atoms with E-state index < -0.39 is 5.41 Å². The molecule has 0 saturated heterocycles. The molecular formula is C17H22N4. The van der Waals surface area contributed by atoms with Gasteiger partial charge in [0.05, 0.1) is 18.0 Å². The fourth-order valence-electron chi connectivity index (χ4n) is 2.20. The van der Waals surface area contributed by atoms with E-state index in [0.29, 0.717) is 6.54 Å². The van der Waals surface area contributed by atoms with Crippen molar-refractivity contribution in [1.29, 1.82) is 5.26 Å². The standard InChI is InChI=1S/C17H22N4/c1-4-10-21-11-9-19-16(21)12-20-15-7-5-14(6-8-15)17(2,3)13-18/h5-9,11,20H,4,10,12H2,1-3H3. The van der Waals surface area contributed by atoms with Crippen molar-refractivity contribution in [3.63, 3.8) is 0 Å². The lowest BCUT2D eigenvalue weighted by molar-refractivity contribution is 0.644. The second-order valence-corrected chi connectivity index (χ2v) is 5.70. The first-order valence-electron chi connectivity index (χ1n) is 7.32. The fourth-order valence-corrected chi connectivity index (χ4v) is 2.20. The molecule has 1 N–H and O–H groups in total. The maximum Gasteiger partial charge on any atom is 0.128 e. The van der Waals surface area contributed by atoms with Crippen molar-refractivity contribution < 1.29 is 0 Å². The number of nitriles is 1. The summed E-state index contributed by atoms with van der Waals surface area (Å²) in [6.07, 6.45) is 4.95. The number of hydrogen-bond acceptors (Lipinski definition) is 3. The molecule has 0 saturated carbocycles. The van der Waals surface area contributed by atoms with E-state index in [2.05, 4.69) is 27.9 Å². The summed E-state index contributed by atoms with van der Waals surface area (Å²) in [6.45, 7) is 7.71. The van der Waals surface area contributed by atoms with Crippen molar-refractivity contribution in [1.82, 2.24) is 9.55 Å². The number of anilines is 1. The van der Waals surface area contributed by atoms with Crippen molar-refractivity contribution in [3.05, 3.63) is 48.0 Å². The molecule has 1 aromatic carbocycles. The van der Waals surface area contributed by atoms with Crippen LogP contribution in [0.2, 0.25) is 0 Å². The predicted molar refractivity (Wildman–Crippen MR) is 84.9 cm³/mol. The van der Waals surface area contributed by atoms with Crippen LogP contribution in [0.1, 0.15) is 38.6 Å². The highest BCUT2D eigenvalue weighted by atomic mass is 15.1. The van der Waals surface area contributed by atoms with Crippen molar-refractivity contribution >= 4 is 5.69 Å². The van der Waals surface area contributed by atoms with E-state index in [-0.39, 0.29) is 0 Å². The molecule has 4 nitrogen and oxygen atoms in total. The van der Waals surface area contributed by atoms with Crippen LogP contribution < -0.4 is 5.32 Å². The number of aromatic nitrogens is 2. The summed E-state index contributed by atoms with van der Waals surface area (Å²) in [6, 6.07) is 10.4. The van der Waals surface area contributed by atoms with Gasteiger partial charge in [-0.3, -0.25) is 0 Å². The highest BCUT2D eigenvalue weighted by molar-refractivity contribution is 5.47. The molecule has 0 unspecified atom stereocenters. The molecule has 0 aliphatic carbocycles. The summed E-state index contributed by atoms with van der Waals surface area (Å²) in [5, 5.41) is 12.5. The molecule has 110 valence electrons. The Kier molecular flexibility index (Phi) is 4.64. The van der Waals surface area contributed by atoms with Crippen molar-refractivity contribution in [3.8, 4) is 6.07 Å². The molecule has 1 aromatic heterocycles. The Morgan fingerprint density at radius 1 is 1.29 bits per heavy atom. The Balaban J connectivity index is 2.01. The van der Waals surface area contributed by atoms with Gasteiger partial charge in [0.1, 0.15) is 5.82 Å². The van der Waals surface area contributed by atoms with E-state index in [1.165, 1.54) is 0 Å². The van der Waals surface area contributed by atoms with Crippen LogP contribution in [0, 0.1) is 11.3 Å². The van der Waals surface area contributed by atoms with Gasteiger partial charge in [-0.15, -0.1) is 0 Å². The molecule has 0 aliphatic rings.